The molecule has 3 rings (SSSR count). The maximum atomic E-state index is 13.3. The molecule has 1 atom stereocenters. The predicted octanol–water partition coefficient (Wildman–Crippen LogP) is 3.86. The lowest BCUT2D eigenvalue weighted by atomic mass is 9.90. The van der Waals surface area contributed by atoms with Gasteiger partial charge in [-0.3, -0.25) is 9.69 Å². The minimum atomic E-state index is -4.82. The van der Waals surface area contributed by atoms with Crippen molar-refractivity contribution < 1.29 is 27.5 Å². The number of hydrogen-bond donors (Lipinski definition) is 0. The van der Waals surface area contributed by atoms with E-state index < -0.39 is 34.8 Å². The Morgan fingerprint density at radius 1 is 1.14 bits per heavy atom. The van der Waals surface area contributed by atoms with Crippen LogP contribution in [-0.2, 0) is 21.2 Å². The number of hydrogen-bond acceptors (Lipinski definition) is 4. The van der Waals surface area contributed by atoms with Gasteiger partial charge in [-0.2, -0.15) is 18.4 Å². The quantitative estimate of drug-likeness (QED) is 0.727. The average Bonchev–Trinajstić information content (AvgIpc) is 2.89. The van der Waals surface area contributed by atoms with Crippen molar-refractivity contribution in [3.05, 3.63) is 65.2 Å². The second kappa shape index (κ2) is 7.22. The number of alkyl halides is 3. The monoisotopic (exact) mass is 403 g/mol. The van der Waals surface area contributed by atoms with E-state index in [2.05, 4.69) is 0 Å². The first-order chi connectivity index (χ1) is 13.7. The topological polar surface area (TPSA) is 73.6 Å². The van der Waals surface area contributed by atoms with E-state index in [0.29, 0.717) is 16.5 Å². The first-order valence-electron chi connectivity index (χ1n) is 8.48. The molecule has 0 bridgehead atoms. The van der Waals surface area contributed by atoms with Gasteiger partial charge < -0.3 is 4.74 Å². The van der Waals surface area contributed by atoms with Gasteiger partial charge in [0.2, 0.25) is 0 Å². The molecule has 1 aliphatic rings. The largest absolute Gasteiger partial charge is 0.417 e. The van der Waals surface area contributed by atoms with Gasteiger partial charge >= 0.3 is 12.2 Å². The zero-order valence-corrected chi connectivity index (χ0v) is 15.5. The molecule has 29 heavy (non-hydrogen) atoms. The Kier molecular flexibility index (Phi) is 5.07. The number of carbonyl (C=O) groups is 2. The van der Waals surface area contributed by atoms with Crippen LogP contribution in [0.1, 0.15) is 23.6 Å². The third-order valence-electron chi connectivity index (χ3n) is 4.86. The van der Waals surface area contributed by atoms with E-state index in [4.69, 9.17) is 10.00 Å². The first-order valence-corrected chi connectivity index (χ1v) is 8.48. The summed E-state index contributed by atoms with van der Waals surface area (Å²) in [5, 5.41) is 8.96. The van der Waals surface area contributed by atoms with E-state index >= 15 is 0 Å². The number of nitrogens with zero attached hydrogens (tertiary/aromatic N) is 3. The van der Waals surface area contributed by atoms with Crippen molar-refractivity contribution in [3.63, 3.8) is 0 Å². The Morgan fingerprint density at radius 3 is 2.34 bits per heavy atom. The number of nitriles is 1. The SMILES string of the molecule is COCN1C(=O)N(c2ccc(C#N)c(C(F)(F)F)c2)C(=O)C1(C)c1ccccc1. The summed E-state index contributed by atoms with van der Waals surface area (Å²) in [6.45, 7) is 1.27. The number of carbonyl (C=O) groups excluding carboxylic acids is 2. The van der Waals surface area contributed by atoms with Crippen LogP contribution in [0.4, 0.5) is 23.7 Å². The maximum Gasteiger partial charge on any atom is 0.417 e. The number of ether oxygens (including phenoxy) is 1. The van der Waals surface area contributed by atoms with Crippen molar-refractivity contribution in [3.8, 4) is 6.07 Å². The van der Waals surface area contributed by atoms with Crippen molar-refractivity contribution >= 4 is 17.6 Å². The first kappa shape index (κ1) is 20.4. The lowest BCUT2D eigenvalue weighted by molar-refractivity contribution is -0.137. The molecule has 0 aromatic heterocycles. The average molecular weight is 403 g/mol. The van der Waals surface area contributed by atoms with Crippen molar-refractivity contribution in [2.75, 3.05) is 18.7 Å². The van der Waals surface area contributed by atoms with Gasteiger partial charge in [-0.15, -0.1) is 0 Å². The Bertz CT molecular complexity index is 1000. The van der Waals surface area contributed by atoms with Crippen LogP contribution >= 0.6 is 0 Å². The van der Waals surface area contributed by atoms with Gasteiger partial charge in [0.1, 0.15) is 12.3 Å². The minimum absolute atomic E-state index is 0.241. The van der Waals surface area contributed by atoms with E-state index in [1.165, 1.54) is 20.1 Å². The van der Waals surface area contributed by atoms with Crippen molar-refractivity contribution in [2.24, 2.45) is 0 Å². The van der Waals surface area contributed by atoms with Crippen LogP contribution in [0.3, 0.4) is 0 Å². The molecule has 1 unspecified atom stereocenters. The van der Waals surface area contributed by atoms with Crippen molar-refractivity contribution in [1.29, 1.82) is 5.26 Å². The molecule has 3 amide bonds. The molecule has 0 radical (unpaired) electrons. The second-order valence-corrected chi connectivity index (χ2v) is 6.55. The van der Waals surface area contributed by atoms with Gasteiger partial charge in [0.05, 0.1) is 22.9 Å². The van der Waals surface area contributed by atoms with Gasteiger partial charge in [0, 0.05) is 7.11 Å². The summed E-state index contributed by atoms with van der Waals surface area (Å²) >= 11 is 0. The molecule has 6 nitrogen and oxygen atoms in total. The molecule has 2 aromatic rings. The van der Waals surface area contributed by atoms with Crippen LogP contribution < -0.4 is 4.90 Å². The molecule has 1 saturated heterocycles. The normalized spacial score (nSPS) is 19.6. The summed E-state index contributed by atoms with van der Waals surface area (Å²) < 4.78 is 45.1. The lowest BCUT2D eigenvalue weighted by Gasteiger charge is -2.31. The Labute approximate surface area is 164 Å². The number of imide groups is 1. The van der Waals surface area contributed by atoms with E-state index in [1.54, 1.807) is 30.3 Å². The van der Waals surface area contributed by atoms with Crippen LogP contribution in [0, 0.1) is 11.3 Å². The number of anilines is 1. The molecule has 0 N–H and O–H groups in total. The van der Waals surface area contributed by atoms with Gasteiger partial charge in [-0.25, -0.2) is 9.69 Å². The fraction of sp³-hybridized carbons (Fsp3) is 0.250. The fourth-order valence-corrected chi connectivity index (χ4v) is 3.32. The molecule has 2 aromatic carbocycles. The van der Waals surface area contributed by atoms with Crippen LogP contribution in [0.2, 0.25) is 0 Å². The molecular formula is C20H16F3N3O3. The highest BCUT2D eigenvalue weighted by atomic mass is 19.4. The molecule has 1 aliphatic heterocycles. The molecule has 9 heteroatoms. The van der Waals surface area contributed by atoms with E-state index in [0.717, 1.165) is 17.0 Å². The van der Waals surface area contributed by atoms with Crippen LogP contribution in [0.15, 0.2) is 48.5 Å². The van der Waals surface area contributed by atoms with Gasteiger partial charge in [0.25, 0.3) is 5.91 Å². The van der Waals surface area contributed by atoms with E-state index in [-0.39, 0.29) is 12.4 Å². The highest BCUT2D eigenvalue weighted by Crippen LogP contribution is 2.41. The zero-order chi connectivity index (χ0) is 21.4. The number of methoxy groups -OCH3 is 1. The third-order valence-corrected chi connectivity index (χ3v) is 4.86. The van der Waals surface area contributed by atoms with Gasteiger partial charge in [0.15, 0.2) is 0 Å². The van der Waals surface area contributed by atoms with Crippen molar-refractivity contribution in [2.45, 2.75) is 18.6 Å². The maximum absolute atomic E-state index is 13.3. The zero-order valence-electron chi connectivity index (χ0n) is 15.5. The van der Waals surface area contributed by atoms with Crippen molar-refractivity contribution in [1.82, 2.24) is 4.90 Å². The fourth-order valence-electron chi connectivity index (χ4n) is 3.32. The van der Waals surface area contributed by atoms with E-state index in [9.17, 15) is 22.8 Å². The summed E-state index contributed by atoms with van der Waals surface area (Å²) in [5.41, 5.74) is -3.07. The van der Waals surface area contributed by atoms with Crippen LogP contribution in [0.5, 0.6) is 0 Å². The number of urea groups is 1. The summed E-state index contributed by atoms with van der Waals surface area (Å²) in [5.74, 6) is -0.719. The minimum Gasteiger partial charge on any atom is -0.364 e. The lowest BCUT2D eigenvalue weighted by Crippen LogP contribution is -2.45. The summed E-state index contributed by atoms with van der Waals surface area (Å²) in [6, 6.07) is 11.8. The molecule has 1 heterocycles. The summed E-state index contributed by atoms with van der Waals surface area (Å²) in [7, 11) is 1.34. The molecule has 150 valence electrons. The molecular weight excluding hydrogens is 387 g/mol. The smallest absolute Gasteiger partial charge is 0.364 e. The third kappa shape index (κ3) is 3.21. The standard InChI is InChI=1S/C20H16F3N3O3/c1-19(14-6-4-3-5-7-14)17(27)26(18(28)25(19)12-29-2)15-9-8-13(11-24)16(10-15)20(21,22)23/h3-10H,12H2,1-2H3. The number of benzene rings is 2. The van der Waals surface area contributed by atoms with E-state index in [1.807, 2.05) is 0 Å². The van der Waals surface area contributed by atoms with Crippen LogP contribution in [0.25, 0.3) is 0 Å². The number of amides is 3. The Morgan fingerprint density at radius 2 is 1.79 bits per heavy atom. The Hall–Kier alpha value is -3.38. The van der Waals surface area contributed by atoms with Crippen LogP contribution in [-0.4, -0.2) is 30.7 Å². The highest BCUT2D eigenvalue weighted by Gasteiger charge is 2.56. The number of halogens is 3. The summed E-state index contributed by atoms with van der Waals surface area (Å²) in [4.78, 5) is 28.1. The number of rotatable bonds is 4. The molecule has 0 aliphatic carbocycles. The molecule has 0 spiro atoms. The predicted molar refractivity (Wildman–Crippen MR) is 96.6 cm³/mol. The molecule has 1 fully saturated rings. The molecule has 0 saturated carbocycles. The van der Waals surface area contributed by atoms with Gasteiger partial charge in [-0.1, -0.05) is 30.3 Å². The highest BCUT2D eigenvalue weighted by molar-refractivity contribution is 6.23. The summed E-state index contributed by atoms with van der Waals surface area (Å²) in [6.07, 6.45) is -4.82. The second-order valence-electron chi connectivity index (χ2n) is 6.55. The van der Waals surface area contributed by atoms with Gasteiger partial charge in [-0.05, 0) is 30.7 Å². The Balaban J connectivity index is 2.16.